The second-order valence-electron chi connectivity index (χ2n) is 4.84. The molecule has 2 aromatic heterocycles. The Bertz CT molecular complexity index is 786. The fourth-order valence-corrected chi connectivity index (χ4v) is 2.29. The van der Waals surface area contributed by atoms with Gasteiger partial charge in [0.2, 0.25) is 0 Å². The summed E-state index contributed by atoms with van der Waals surface area (Å²) in [6.07, 6.45) is 7.01. The van der Waals surface area contributed by atoms with Crippen LogP contribution in [0.4, 0.5) is 5.82 Å². The zero-order valence-electron chi connectivity index (χ0n) is 12.0. The second-order valence-corrected chi connectivity index (χ2v) is 4.84. The summed E-state index contributed by atoms with van der Waals surface area (Å²) in [5.41, 5.74) is 2.85. The van der Waals surface area contributed by atoms with E-state index in [0.29, 0.717) is 18.7 Å². The lowest BCUT2D eigenvalue weighted by atomic mass is 10.1. The van der Waals surface area contributed by atoms with Crippen LogP contribution in [0.1, 0.15) is 16.8 Å². The van der Waals surface area contributed by atoms with Crippen molar-refractivity contribution in [3.8, 4) is 6.07 Å². The monoisotopic (exact) mass is 289 g/mol. The Kier molecular flexibility index (Phi) is 4.12. The molecular formula is C17H15N5. The van der Waals surface area contributed by atoms with Gasteiger partial charge in [0.25, 0.3) is 0 Å². The van der Waals surface area contributed by atoms with Gasteiger partial charge in [-0.25, -0.2) is 4.98 Å². The molecule has 3 aromatic rings. The van der Waals surface area contributed by atoms with E-state index in [4.69, 9.17) is 0 Å². The van der Waals surface area contributed by atoms with Crippen molar-refractivity contribution in [2.24, 2.45) is 0 Å². The highest BCUT2D eigenvalue weighted by Crippen LogP contribution is 2.13. The first-order chi connectivity index (χ1) is 10.9. The maximum atomic E-state index is 9.18. The van der Waals surface area contributed by atoms with E-state index in [1.54, 1.807) is 18.6 Å². The van der Waals surface area contributed by atoms with E-state index < -0.39 is 0 Å². The Balaban J connectivity index is 1.74. The summed E-state index contributed by atoms with van der Waals surface area (Å²) in [4.78, 5) is 8.22. The van der Waals surface area contributed by atoms with Crippen molar-refractivity contribution in [1.82, 2.24) is 14.5 Å². The van der Waals surface area contributed by atoms with E-state index in [-0.39, 0.29) is 0 Å². The molecule has 0 saturated carbocycles. The first-order valence-electron chi connectivity index (χ1n) is 6.99. The van der Waals surface area contributed by atoms with Gasteiger partial charge in [-0.3, -0.25) is 4.98 Å². The van der Waals surface area contributed by atoms with Crippen molar-refractivity contribution in [3.05, 3.63) is 78.0 Å². The standard InChI is InChI=1S/C17H15N5/c18-10-14-4-1-2-5-15(14)13-22-9-3-6-16(22)11-21-17-12-19-7-8-20-17/h1-9,12H,11,13H2,(H,20,21). The summed E-state index contributed by atoms with van der Waals surface area (Å²) in [6.45, 7) is 1.33. The molecule has 0 unspecified atom stereocenters. The fourth-order valence-electron chi connectivity index (χ4n) is 2.29. The van der Waals surface area contributed by atoms with Crippen molar-refractivity contribution in [2.75, 3.05) is 5.32 Å². The van der Waals surface area contributed by atoms with Gasteiger partial charge in [0.05, 0.1) is 24.4 Å². The van der Waals surface area contributed by atoms with Crippen LogP contribution in [-0.2, 0) is 13.1 Å². The summed E-state index contributed by atoms with van der Waals surface area (Å²) in [6, 6.07) is 14.0. The Hall–Kier alpha value is -3.13. The van der Waals surface area contributed by atoms with E-state index in [1.165, 1.54) is 0 Å². The number of hydrogen-bond acceptors (Lipinski definition) is 4. The first kappa shape index (κ1) is 13.8. The molecule has 108 valence electrons. The minimum absolute atomic E-state index is 0.653. The Morgan fingerprint density at radius 1 is 1.14 bits per heavy atom. The van der Waals surface area contributed by atoms with Crippen LogP contribution in [0.25, 0.3) is 0 Å². The number of nitriles is 1. The molecule has 5 nitrogen and oxygen atoms in total. The molecule has 0 spiro atoms. The van der Waals surface area contributed by atoms with Crippen molar-refractivity contribution in [3.63, 3.8) is 0 Å². The number of aromatic nitrogens is 3. The van der Waals surface area contributed by atoms with Crippen LogP contribution in [0.3, 0.4) is 0 Å². The molecule has 2 heterocycles. The van der Waals surface area contributed by atoms with Crippen LogP contribution < -0.4 is 5.32 Å². The van der Waals surface area contributed by atoms with Crippen LogP contribution in [0, 0.1) is 11.3 Å². The summed E-state index contributed by atoms with van der Waals surface area (Å²) in [7, 11) is 0. The minimum atomic E-state index is 0.653. The predicted octanol–water partition coefficient (Wildman–Crippen LogP) is 2.81. The zero-order valence-corrected chi connectivity index (χ0v) is 12.0. The molecule has 0 aliphatic rings. The van der Waals surface area contributed by atoms with Gasteiger partial charge in [0.15, 0.2) is 0 Å². The van der Waals surface area contributed by atoms with Crippen LogP contribution in [0.15, 0.2) is 61.2 Å². The molecule has 1 aromatic carbocycles. The van der Waals surface area contributed by atoms with Crippen LogP contribution in [0.2, 0.25) is 0 Å². The molecule has 0 atom stereocenters. The fraction of sp³-hybridized carbons (Fsp3) is 0.118. The van der Waals surface area contributed by atoms with E-state index >= 15 is 0 Å². The second kappa shape index (κ2) is 6.55. The number of benzene rings is 1. The van der Waals surface area contributed by atoms with Crippen LogP contribution in [-0.4, -0.2) is 14.5 Å². The molecule has 22 heavy (non-hydrogen) atoms. The molecule has 0 fully saturated rings. The van der Waals surface area contributed by atoms with E-state index in [2.05, 4.69) is 32.0 Å². The third-order valence-electron chi connectivity index (χ3n) is 3.42. The third kappa shape index (κ3) is 3.13. The first-order valence-corrected chi connectivity index (χ1v) is 6.99. The van der Waals surface area contributed by atoms with Crippen molar-refractivity contribution in [2.45, 2.75) is 13.1 Å². The van der Waals surface area contributed by atoms with E-state index in [0.717, 1.165) is 17.1 Å². The summed E-state index contributed by atoms with van der Waals surface area (Å²) in [5.74, 6) is 0.743. The van der Waals surface area contributed by atoms with Crippen LogP contribution in [0.5, 0.6) is 0 Å². The van der Waals surface area contributed by atoms with E-state index in [1.807, 2.05) is 36.5 Å². The summed E-state index contributed by atoms with van der Waals surface area (Å²) in [5, 5.41) is 12.4. The molecule has 0 aliphatic heterocycles. The highest BCUT2D eigenvalue weighted by Gasteiger charge is 2.05. The lowest BCUT2D eigenvalue weighted by Crippen LogP contribution is -2.09. The van der Waals surface area contributed by atoms with Crippen molar-refractivity contribution in [1.29, 1.82) is 5.26 Å². The Labute approximate surface area is 128 Å². The summed E-state index contributed by atoms with van der Waals surface area (Å²) >= 11 is 0. The largest absolute Gasteiger partial charge is 0.363 e. The number of nitrogens with zero attached hydrogens (tertiary/aromatic N) is 4. The van der Waals surface area contributed by atoms with Gasteiger partial charge >= 0.3 is 0 Å². The number of hydrogen-bond donors (Lipinski definition) is 1. The molecule has 1 N–H and O–H groups in total. The van der Waals surface area contributed by atoms with Gasteiger partial charge in [0.1, 0.15) is 5.82 Å². The Morgan fingerprint density at radius 3 is 2.86 bits per heavy atom. The number of nitrogens with one attached hydrogen (secondary N) is 1. The van der Waals surface area contributed by atoms with Gasteiger partial charge in [0, 0.05) is 30.8 Å². The lowest BCUT2D eigenvalue weighted by Gasteiger charge is -2.11. The molecule has 0 radical (unpaired) electrons. The van der Waals surface area contributed by atoms with Gasteiger partial charge in [-0.05, 0) is 23.8 Å². The van der Waals surface area contributed by atoms with Crippen LogP contribution >= 0.6 is 0 Å². The van der Waals surface area contributed by atoms with Gasteiger partial charge in [-0.1, -0.05) is 18.2 Å². The summed E-state index contributed by atoms with van der Waals surface area (Å²) < 4.78 is 2.12. The Morgan fingerprint density at radius 2 is 2.05 bits per heavy atom. The van der Waals surface area contributed by atoms with Gasteiger partial charge in [-0.15, -0.1) is 0 Å². The highest BCUT2D eigenvalue weighted by molar-refractivity contribution is 5.38. The zero-order chi connectivity index (χ0) is 15.2. The topological polar surface area (TPSA) is 66.5 Å². The normalized spacial score (nSPS) is 10.1. The predicted molar refractivity (Wildman–Crippen MR) is 84.0 cm³/mol. The smallest absolute Gasteiger partial charge is 0.144 e. The minimum Gasteiger partial charge on any atom is -0.363 e. The molecule has 3 rings (SSSR count). The number of rotatable bonds is 5. The molecule has 0 aliphatic carbocycles. The maximum Gasteiger partial charge on any atom is 0.144 e. The third-order valence-corrected chi connectivity index (χ3v) is 3.42. The maximum absolute atomic E-state index is 9.18. The average Bonchev–Trinajstić information content (AvgIpc) is 3.01. The lowest BCUT2D eigenvalue weighted by molar-refractivity contribution is 0.751. The average molecular weight is 289 g/mol. The highest BCUT2D eigenvalue weighted by atomic mass is 15.0. The SMILES string of the molecule is N#Cc1ccccc1Cn1cccc1CNc1cnccn1. The van der Waals surface area contributed by atoms with Crippen molar-refractivity contribution < 1.29 is 0 Å². The molecule has 0 amide bonds. The van der Waals surface area contributed by atoms with Gasteiger partial charge < -0.3 is 9.88 Å². The molecular weight excluding hydrogens is 274 g/mol. The molecule has 0 bridgehead atoms. The van der Waals surface area contributed by atoms with Gasteiger partial charge in [-0.2, -0.15) is 5.26 Å². The van der Waals surface area contributed by atoms with Crippen molar-refractivity contribution >= 4 is 5.82 Å². The molecule has 5 heteroatoms. The van der Waals surface area contributed by atoms with E-state index in [9.17, 15) is 5.26 Å². The quantitative estimate of drug-likeness (QED) is 0.784. The molecule has 0 saturated heterocycles. The number of anilines is 1.